The second-order valence-corrected chi connectivity index (χ2v) is 9.01. The van der Waals surface area contributed by atoms with Crippen LogP contribution in [0.1, 0.15) is 37.1 Å². The molecule has 3 aromatic rings. The van der Waals surface area contributed by atoms with Crippen molar-refractivity contribution in [3.8, 4) is 0 Å². The van der Waals surface area contributed by atoms with Gasteiger partial charge in [0.25, 0.3) is 0 Å². The predicted octanol–water partition coefficient (Wildman–Crippen LogP) is 5.80. The minimum absolute atomic E-state index is 0.410. The largest absolute Gasteiger partial charge is 0.352 e. The minimum atomic E-state index is -0.872. The number of benzene rings is 2. The van der Waals surface area contributed by atoms with Crippen molar-refractivity contribution in [1.29, 1.82) is 0 Å². The van der Waals surface area contributed by atoms with Crippen LogP contribution in [-0.4, -0.2) is 47.1 Å². The molecule has 3 heterocycles. The van der Waals surface area contributed by atoms with Crippen LogP contribution in [0, 0.1) is 11.6 Å². The van der Waals surface area contributed by atoms with Crippen LogP contribution in [0.5, 0.6) is 0 Å². The molecule has 2 saturated heterocycles. The Hall–Kier alpha value is -2.57. The standard InChI is InChI=1S/C25H25ClF2N4/c26-18-7-9-23-20(15-18)25(32-13-3-4-19(32)16-31-11-1-2-12-31)30-24(29-23)10-6-17-5-8-21(27)22(28)14-17/h5-10,14-15,19H,1-4,11-13,16H2/b10-6+/t19-/m0/s1. The van der Waals surface area contributed by atoms with Crippen LogP contribution in [0.3, 0.4) is 0 Å². The summed E-state index contributed by atoms with van der Waals surface area (Å²) in [6.45, 7) is 4.33. The first kappa shape index (κ1) is 21.3. The van der Waals surface area contributed by atoms with Crippen LogP contribution >= 0.6 is 11.6 Å². The zero-order valence-corrected chi connectivity index (χ0v) is 18.5. The van der Waals surface area contributed by atoms with Crippen LogP contribution < -0.4 is 4.90 Å². The van der Waals surface area contributed by atoms with Crippen LogP contribution in [0.4, 0.5) is 14.6 Å². The highest BCUT2D eigenvalue weighted by atomic mass is 35.5. The van der Waals surface area contributed by atoms with Gasteiger partial charge in [0, 0.05) is 29.5 Å². The molecule has 0 saturated carbocycles. The van der Waals surface area contributed by atoms with Gasteiger partial charge in [-0.15, -0.1) is 0 Å². The monoisotopic (exact) mass is 454 g/mol. The van der Waals surface area contributed by atoms with Crippen LogP contribution in [0.25, 0.3) is 23.1 Å². The average Bonchev–Trinajstić information content (AvgIpc) is 3.47. The van der Waals surface area contributed by atoms with Gasteiger partial charge in [0.15, 0.2) is 17.5 Å². The number of anilines is 1. The van der Waals surface area contributed by atoms with Crippen molar-refractivity contribution < 1.29 is 8.78 Å². The van der Waals surface area contributed by atoms with Crippen LogP contribution in [-0.2, 0) is 0 Å². The van der Waals surface area contributed by atoms with E-state index in [9.17, 15) is 8.78 Å². The number of aromatic nitrogens is 2. The molecule has 1 aromatic heterocycles. The molecule has 0 unspecified atom stereocenters. The highest BCUT2D eigenvalue weighted by Crippen LogP contribution is 2.33. The molecule has 2 fully saturated rings. The smallest absolute Gasteiger partial charge is 0.159 e. The van der Waals surface area contributed by atoms with Crippen molar-refractivity contribution in [2.75, 3.05) is 31.1 Å². The Morgan fingerprint density at radius 2 is 1.78 bits per heavy atom. The molecule has 5 rings (SSSR count). The van der Waals surface area contributed by atoms with Crippen molar-refractivity contribution in [3.05, 3.63) is 64.4 Å². The Morgan fingerprint density at radius 3 is 2.59 bits per heavy atom. The van der Waals surface area contributed by atoms with Gasteiger partial charge >= 0.3 is 0 Å². The second kappa shape index (κ2) is 9.12. The fourth-order valence-corrected chi connectivity index (χ4v) is 4.92. The van der Waals surface area contributed by atoms with E-state index in [0.29, 0.717) is 22.5 Å². The zero-order valence-electron chi connectivity index (χ0n) is 17.8. The summed E-state index contributed by atoms with van der Waals surface area (Å²) in [4.78, 5) is 14.5. The van der Waals surface area contributed by atoms with Gasteiger partial charge < -0.3 is 9.80 Å². The summed E-state index contributed by atoms with van der Waals surface area (Å²) in [6, 6.07) is 9.90. The van der Waals surface area contributed by atoms with E-state index < -0.39 is 11.6 Å². The number of rotatable bonds is 5. The molecule has 2 aliphatic rings. The van der Waals surface area contributed by atoms with Gasteiger partial charge in [-0.3, -0.25) is 0 Å². The Kier molecular flexibility index (Phi) is 6.07. The van der Waals surface area contributed by atoms with E-state index in [0.717, 1.165) is 48.7 Å². The average molecular weight is 455 g/mol. The van der Waals surface area contributed by atoms with Gasteiger partial charge in [0.1, 0.15) is 5.82 Å². The second-order valence-electron chi connectivity index (χ2n) is 8.57. The molecule has 0 aliphatic carbocycles. The molecule has 0 spiro atoms. The van der Waals surface area contributed by atoms with Gasteiger partial charge in [0.05, 0.1) is 5.52 Å². The Morgan fingerprint density at radius 1 is 0.938 bits per heavy atom. The molecule has 2 aliphatic heterocycles. The summed E-state index contributed by atoms with van der Waals surface area (Å²) in [5.74, 6) is -0.305. The normalized spacial score (nSPS) is 19.6. The summed E-state index contributed by atoms with van der Waals surface area (Å²) in [6.07, 6.45) is 8.27. The van der Waals surface area contributed by atoms with Gasteiger partial charge in [-0.2, -0.15) is 0 Å². The van der Waals surface area contributed by atoms with Gasteiger partial charge in [0.2, 0.25) is 0 Å². The summed E-state index contributed by atoms with van der Waals surface area (Å²) < 4.78 is 26.8. The molecule has 0 amide bonds. The van der Waals surface area contributed by atoms with E-state index in [1.807, 2.05) is 18.2 Å². The Bertz CT molecular complexity index is 1160. The molecule has 166 valence electrons. The van der Waals surface area contributed by atoms with Crippen molar-refractivity contribution in [3.63, 3.8) is 0 Å². The maximum absolute atomic E-state index is 13.6. The van der Waals surface area contributed by atoms with Crippen molar-refractivity contribution >= 4 is 40.5 Å². The molecule has 32 heavy (non-hydrogen) atoms. The number of hydrogen-bond donors (Lipinski definition) is 0. The third-order valence-corrected chi connectivity index (χ3v) is 6.58. The fourth-order valence-electron chi connectivity index (χ4n) is 4.75. The van der Waals surface area contributed by atoms with Crippen molar-refractivity contribution in [2.45, 2.75) is 31.7 Å². The summed E-state index contributed by atoms with van der Waals surface area (Å²) in [5, 5.41) is 1.60. The minimum Gasteiger partial charge on any atom is -0.352 e. The number of halogens is 3. The quantitative estimate of drug-likeness (QED) is 0.488. The van der Waals surface area contributed by atoms with E-state index in [1.54, 1.807) is 12.2 Å². The lowest BCUT2D eigenvalue weighted by Crippen LogP contribution is -2.40. The van der Waals surface area contributed by atoms with Crippen LogP contribution in [0.15, 0.2) is 36.4 Å². The first-order valence-corrected chi connectivity index (χ1v) is 11.5. The van der Waals surface area contributed by atoms with E-state index in [-0.39, 0.29) is 0 Å². The lowest BCUT2D eigenvalue weighted by molar-refractivity contribution is 0.313. The number of likely N-dealkylation sites (tertiary alicyclic amines) is 1. The van der Waals surface area contributed by atoms with Crippen molar-refractivity contribution in [1.82, 2.24) is 14.9 Å². The molecule has 0 radical (unpaired) electrons. The molecule has 4 nitrogen and oxygen atoms in total. The third kappa shape index (κ3) is 4.48. The molecule has 1 atom stereocenters. The molecular formula is C25H25ClF2N4. The molecule has 7 heteroatoms. The maximum Gasteiger partial charge on any atom is 0.159 e. The molecule has 0 N–H and O–H groups in total. The number of hydrogen-bond acceptors (Lipinski definition) is 4. The highest BCUT2D eigenvalue weighted by Gasteiger charge is 2.30. The maximum atomic E-state index is 13.6. The summed E-state index contributed by atoms with van der Waals surface area (Å²) >= 11 is 6.32. The first-order valence-electron chi connectivity index (χ1n) is 11.2. The van der Waals surface area contributed by atoms with E-state index in [4.69, 9.17) is 16.6 Å². The summed E-state index contributed by atoms with van der Waals surface area (Å²) in [7, 11) is 0. The Balaban J connectivity index is 1.51. The van der Waals surface area contributed by atoms with E-state index in [1.165, 1.54) is 38.1 Å². The lowest BCUT2D eigenvalue weighted by Gasteiger charge is -2.30. The lowest BCUT2D eigenvalue weighted by atomic mass is 10.1. The molecule has 2 aromatic carbocycles. The predicted molar refractivity (Wildman–Crippen MR) is 126 cm³/mol. The summed E-state index contributed by atoms with van der Waals surface area (Å²) in [5.41, 5.74) is 1.37. The number of fused-ring (bicyclic) bond motifs is 1. The number of nitrogens with zero attached hydrogens (tertiary/aromatic N) is 4. The third-order valence-electron chi connectivity index (χ3n) is 6.34. The zero-order chi connectivity index (χ0) is 22.1. The van der Waals surface area contributed by atoms with Gasteiger partial charge in [-0.25, -0.2) is 18.7 Å². The van der Waals surface area contributed by atoms with E-state index in [2.05, 4.69) is 14.8 Å². The molecular weight excluding hydrogens is 430 g/mol. The van der Waals surface area contributed by atoms with Gasteiger partial charge in [-0.05, 0) is 80.7 Å². The first-order chi connectivity index (χ1) is 15.6. The molecule has 0 bridgehead atoms. The van der Waals surface area contributed by atoms with Crippen LogP contribution in [0.2, 0.25) is 5.02 Å². The topological polar surface area (TPSA) is 32.3 Å². The SMILES string of the molecule is Fc1ccc(/C=C/c2nc(N3CCC[C@H]3CN3CCCC3)c3cc(Cl)ccc3n2)cc1F. The van der Waals surface area contributed by atoms with Gasteiger partial charge in [-0.1, -0.05) is 23.7 Å². The Labute approximate surface area is 191 Å². The van der Waals surface area contributed by atoms with Crippen molar-refractivity contribution in [2.24, 2.45) is 0 Å². The van der Waals surface area contributed by atoms with E-state index >= 15 is 0 Å². The fraction of sp³-hybridized carbons (Fsp3) is 0.360. The highest BCUT2D eigenvalue weighted by molar-refractivity contribution is 6.31.